The second-order valence-corrected chi connectivity index (χ2v) is 11.5. The molecule has 11 heteroatoms. The van der Waals surface area contributed by atoms with Gasteiger partial charge < -0.3 is 29.9 Å². The van der Waals surface area contributed by atoms with Gasteiger partial charge in [-0.3, -0.25) is 14.4 Å². The first-order chi connectivity index (χ1) is 19.1. The Hall–Kier alpha value is -2.67. The van der Waals surface area contributed by atoms with E-state index in [-0.39, 0.29) is 50.1 Å². The van der Waals surface area contributed by atoms with E-state index in [1.165, 1.54) is 19.3 Å². The summed E-state index contributed by atoms with van der Waals surface area (Å²) < 4.78 is 12.3. The zero-order valence-corrected chi connectivity index (χ0v) is 25.5. The third-order valence-electron chi connectivity index (χ3n) is 6.43. The van der Waals surface area contributed by atoms with Crippen LogP contribution in [0, 0.1) is 9.49 Å². The molecule has 3 N–H and O–H groups in total. The molecule has 0 radical (unpaired) electrons. The van der Waals surface area contributed by atoms with Crippen LogP contribution in [0.3, 0.4) is 0 Å². The van der Waals surface area contributed by atoms with Gasteiger partial charge in [0.2, 0.25) is 11.8 Å². The van der Waals surface area contributed by atoms with Gasteiger partial charge in [0, 0.05) is 42.1 Å². The maximum atomic E-state index is 13.5. The molecule has 216 valence electrons. The van der Waals surface area contributed by atoms with Gasteiger partial charge in [0.05, 0.1) is 23.3 Å². The molecule has 2 amide bonds. The standard InChI is InChI=1S/C29H34ClIN2O7/c1-17(2)10-26(36)33(15-18-4-6-21(30)7-5-18)23-13-20(29(38)32-8-9-34)14-24(27(23)37)40-28-22(31)11-19(16-35)12-25(28)39-3/h4-7,11-12,14,16-17,23-24,27,34,37H,8-10,13,15H2,1-3H3,(H,32,38)/t23-,24+,27+/m1/s1. The number of benzene rings is 2. The van der Waals surface area contributed by atoms with Gasteiger partial charge >= 0.3 is 0 Å². The Balaban J connectivity index is 2.04. The number of hydrogen-bond acceptors (Lipinski definition) is 7. The number of nitrogens with zero attached hydrogens (tertiary/aromatic N) is 1. The molecule has 40 heavy (non-hydrogen) atoms. The summed E-state index contributed by atoms with van der Waals surface area (Å²) >= 11 is 8.07. The van der Waals surface area contributed by atoms with E-state index in [4.69, 9.17) is 21.1 Å². The van der Waals surface area contributed by atoms with E-state index in [9.17, 15) is 24.6 Å². The molecule has 0 bridgehead atoms. The molecule has 0 spiro atoms. The highest BCUT2D eigenvalue weighted by Gasteiger charge is 2.41. The summed E-state index contributed by atoms with van der Waals surface area (Å²) in [5, 5.41) is 24.1. The second kappa shape index (κ2) is 14.8. The smallest absolute Gasteiger partial charge is 0.247 e. The molecule has 0 heterocycles. The first-order valence-electron chi connectivity index (χ1n) is 12.9. The number of carbonyl (C=O) groups excluding carboxylic acids is 3. The van der Waals surface area contributed by atoms with Gasteiger partial charge in [-0.15, -0.1) is 0 Å². The quantitative estimate of drug-likeness (QED) is 0.230. The molecule has 3 rings (SSSR count). The van der Waals surface area contributed by atoms with Crippen molar-refractivity contribution < 1.29 is 34.1 Å². The SMILES string of the molecule is COc1cc(C=O)cc(I)c1O[C@H]1C=C(C(=O)NCCO)C[C@@H](N(Cc2ccc(Cl)cc2)C(=O)CC(C)C)[C@@H]1O. The van der Waals surface area contributed by atoms with Gasteiger partial charge in [-0.05, 0) is 64.4 Å². The minimum Gasteiger partial charge on any atom is -0.493 e. The molecular formula is C29H34ClIN2O7. The van der Waals surface area contributed by atoms with Gasteiger partial charge in [0.25, 0.3) is 0 Å². The van der Waals surface area contributed by atoms with Crippen molar-refractivity contribution in [2.24, 2.45) is 5.92 Å². The highest BCUT2D eigenvalue weighted by molar-refractivity contribution is 14.1. The number of methoxy groups -OCH3 is 1. The predicted octanol–water partition coefficient (Wildman–Crippen LogP) is 3.76. The Morgan fingerprint density at radius 2 is 1.95 bits per heavy atom. The lowest BCUT2D eigenvalue weighted by atomic mass is 9.87. The van der Waals surface area contributed by atoms with Gasteiger partial charge in [-0.1, -0.05) is 37.6 Å². The van der Waals surface area contributed by atoms with Crippen LogP contribution in [0.2, 0.25) is 5.02 Å². The summed E-state index contributed by atoms with van der Waals surface area (Å²) in [6.45, 7) is 3.88. The molecule has 1 aliphatic carbocycles. The van der Waals surface area contributed by atoms with E-state index in [0.29, 0.717) is 31.8 Å². The van der Waals surface area contributed by atoms with Gasteiger partial charge in [-0.25, -0.2) is 0 Å². The minimum atomic E-state index is -1.20. The Morgan fingerprint density at radius 3 is 2.55 bits per heavy atom. The molecule has 3 atom stereocenters. The van der Waals surface area contributed by atoms with Crippen LogP contribution in [-0.2, 0) is 16.1 Å². The average molecular weight is 685 g/mol. The van der Waals surface area contributed by atoms with E-state index in [0.717, 1.165) is 5.56 Å². The van der Waals surface area contributed by atoms with E-state index >= 15 is 0 Å². The second-order valence-electron chi connectivity index (χ2n) is 9.91. The number of halogens is 2. The fourth-order valence-electron chi connectivity index (χ4n) is 4.48. The first kappa shape index (κ1) is 31.9. The molecule has 2 aromatic rings. The molecule has 0 fully saturated rings. The molecule has 0 unspecified atom stereocenters. The number of nitrogens with one attached hydrogen (secondary N) is 1. The molecule has 0 aromatic heterocycles. The van der Waals surface area contributed by atoms with Crippen LogP contribution in [0.15, 0.2) is 48.0 Å². The molecule has 0 saturated heterocycles. The van der Waals surface area contributed by atoms with Crippen LogP contribution in [-0.4, -0.2) is 71.7 Å². The molecule has 2 aromatic carbocycles. The molecular weight excluding hydrogens is 651 g/mol. The number of aldehydes is 1. The molecule has 0 saturated carbocycles. The van der Waals surface area contributed by atoms with Crippen LogP contribution in [0.5, 0.6) is 11.5 Å². The monoisotopic (exact) mass is 684 g/mol. The van der Waals surface area contributed by atoms with Crippen LogP contribution in [0.25, 0.3) is 0 Å². The number of aliphatic hydroxyl groups is 2. The Kier molecular flexibility index (Phi) is 11.8. The summed E-state index contributed by atoms with van der Waals surface area (Å²) in [6, 6.07) is 9.43. The topological polar surface area (TPSA) is 125 Å². The van der Waals surface area contributed by atoms with Crippen LogP contribution < -0.4 is 14.8 Å². The zero-order chi connectivity index (χ0) is 29.4. The zero-order valence-electron chi connectivity index (χ0n) is 22.6. The molecule has 9 nitrogen and oxygen atoms in total. The van der Waals surface area contributed by atoms with Crippen LogP contribution in [0.4, 0.5) is 0 Å². The Labute approximate surface area is 252 Å². The summed E-state index contributed by atoms with van der Waals surface area (Å²) in [7, 11) is 1.44. The van der Waals surface area contributed by atoms with Gasteiger partial charge in [-0.2, -0.15) is 0 Å². The van der Waals surface area contributed by atoms with Gasteiger partial charge in [0.1, 0.15) is 18.5 Å². The van der Waals surface area contributed by atoms with Crippen molar-refractivity contribution in [1.82, 2.24) is 10.2 Å². The summed E-state index contributed by atoms with van der Waals surface area (Å²) in [5.41, 5.74) is 1.52. The lowest BCUT2D eigenvalue weighted by Crippen LogP contribution is -2.55. The van der Waals surface area contributed by atoms with Crippen molar-refractivity contribution in [3.63, 3.8) is 0 Å². The third-order valence-corrected chi connectivity index (χ3v) is 7.48. The van der Waals surface area contributed by atoms with Crippen molar-refractivity contribution in [3.05, 3.63) is 67.8 Å². The lowest BCUT2D eigenvalue weighted by Gasteiger charge is -2.41. The van der Waals surface area contributed by atoms with E-state index < -0.39 is 24.2 Å². The summed E-state index contributed by atoms with van der Waals surface area (Å²) in [6.07, 6.45) is 0.315. The largest absolute Gasteiger partial charge is 0.493 e. The number of carbonyl (C=O) groups is 3. The van der Waals surface area contributed by atoms with Crippen molar-refractivity contribution in [3.8, 4) is 11.5 Å². The van der Waals surface area contributed by atoms with Crippen molar-refractivity contribution in [2.45, 2.75) is 51.5 Å². The third kappa shape index (κ3) is 8.18. The summed E-state index contributed by atoms with van der Waals surface area (Å²) in [5.74, 6) is 0.0463. The van der Waals surface area contributed by atoms with Crippen LogP contribution >= 0.6 is 34.2 Å². The Bertz CT molecular complexity index is 1240. The first-order valence-corrected chi connectivity index (χ1v) is 14.3. The van der Waals surface area contributed by atoms with Crippen molar-refractivity contribution in [2.75, 3.05) is 20.3 Å². The van der Waals surface area contributed by atoms with E-state index in [2.05, 4.69) is 5.32 Å². The molecule has 1 aliphatic rings. The predicted molar refractivity (Wildman–Crippen MR) is 160 cm³/mol. The highest BCUT2D eigenvalue weighted by atomic mass is 127. The average Bonchev–Trinajstić information content (AvgIpc) is 2.92. The highest BCUT2D eigenvalue weighted by Crippen LogP contribution is 2.37. The van der Waals surface area contributed by atoms with E-state index in [1.54, 1.807) is 23.1 Å². The number of rotatable bonds is 12. The van der Waals surface area contributed by atoms with E-state index in [1.807, 2.05) is 48.6 Å². The number of aliphatic hydroxyl groups excluding tert-OH is 2. The lowest BCUT2D eigenvalue weighted by molar-refractivity contribution is -0.140. The normalized spacial score (nSPS) is 18.6. The number of hydrogen-bond donors (Lipinski definition) is 3. The maximum absolute atomic E-state index is 13.5. The van der Waals surface area contributed by atoms with Crippen LogP contribution in [0.1, 0.15) is 42.6 Å². The Morgan fingerprint density at radius 1 is 1.25 bits per heavy atom. The fourth-order valence-corrected chi connectivity index (χ4v) is 5.36. The number of ether oxygens (including phenoxy) is 2. The fraction of sp³-hybridized carbons (Fsp3) is 0.414. The minimum absolute atomic E-state index is 0.0502. The molecule has 0 aliphatic heterocycles. The van der Waals surface area contributed by atoms with Gasteiger partial charge in [0.15, 0.2) is 11.5 Å². The summed E-state index contributed by atoms with van der Waals surface area (Å²) in [4.78, 5) is 39.5. The maximum Gasteiger partial charge on any atom is 0.247 e. The number of amides is 2. The van der Waals surface area contributed by atoms with Crippen molar-refractivity contribution in [1.29, 1.82) is 0 Å². The van der Waals surface area contributed by atoms with Crippen molar-refractivity contribution >= 4 is 52.3 Å².